The first kappa shape index (κ1) is 17.2. The minimum atomic E-state index is -0.146. The number of amides is 2. The van der Waals surface area contributed by atoms with Crippen molar-refractivity contribution in [2.24, 2.45) is 0 Å². The van der Waals surface area contributed by atoms with Crippen LogP contribution in [0.15, 0.2) is 10.6 Å². The van der Waals surface area contributed by atoms with E-state index in [1.807, 2.05) is 18.7 Å². The fraction of sp³-hybridized carbons (Fsp3) is 0.529. The van der Waals surface area contributed by atoms with Gasteiger partial charge in [0.15, 0.2) is 5.69 Å². The molecule has 1 N–H and O–H groups in total. The van der Waals surface area contributed by atoms with Gasteiger partial charge in [-0.3, -0.25) is 14.7 Å². The highest BCUT2D eigenvalue weighted by Crippen LogP contribution is 2.14. The SMILES string of the molecule is Cc1cc(C(=O)N2CCCN(C(=O)Cc3c(C)n[nH]c3C)CC2)no1. The Morgan fingerprint density at radius 3 is 2.52 bits per heavy atom. The first-order valence-corrected chi connectivity index (χ1v) is 8.46. The fourth-order valence-corrected chi connectivity index (χ4v) is 3.10. The van der Waals surface area contributed by atoms with E-state index in [1.54, 1.807) is 17.9 Å². The lowest BCUT2D eigenvalue weighted by atomic mass is 10.1. The van der Waals surface area contributed by atoms with Crippen LogP contribution in [0.25, 0.3) is 0 Å². The van der Waals surface area contributed by atoms with Crippen molar-refractivity contribution in [1.82, 2.24) is 25.2 Å². The molecule has 1 saturated heterocycles. The molecule has 0 radical (unpaired) electrons. The highest BCUT2D eigenvalue weighted by atomic mass is 16.5. The maximum Gasteiger partial charge on any atom is 0.276 e. The van der Waals surface area contributed by atoms with E-state index in [4.69, 9.17) is 4.52 Å². The number of carbonyl (C=O) groups is 2. The monoisotopic (exact) mass is 345 g/mol. The van der Waals surface area contributed by atoms with Crippen LogP contribution < -0.4 is 0 Å². The Balaban J connectivity index is 1.61. The van der Waals surface area contributed by atoms with Gasteiger partial charge in [0.2, 0.25) is 5.91 Å². The molecule has 0 unspecified atom stereocenters. The molecule has 2 aromatic heterocycles. The number of aryl methyl sites for hydroxylation is 3. The Labute approximate surface area is 146 Å². The van der Waals surface area contributed by atoms with E-state index < -0.39 is 0 Å². The van der Waals surface area contributed by atoms with Crippen molar-refractivity contribution in [3.05, 3.63) is 34.5 Å². The zero-order valence-corrected chi connectivity index (χ0v) is 14.8. The van der Waals surface area contributed by atoms with Crippen LogP contribution in [0, 0.1) is 20.8 Å². The smallest absolute Gasteiger partial charge is 0.276 e. The van der Waals surface area contributed by atoms with Gasteiger partial charge in [-0.1, -0.05) is 5.16 Å². The van der Waals surface area contributed by atoms with Crippen molar-refractivity contribution in [3.8, 4) is 0 Å². The third-order valence-corrected chi connectivity index (χ3v) is 4.59. The first-order valence-electron chi connectivity index (χ1n) is 8.46. The maximum absolute atomic E-state index is 12.6. The molecule has 0 aromatic carbocycles. The summed E-state index contributed by atoms with van der Waals surface area (Å²) in [5.74, 6) is 0.535. The summed E-state index contributed by atoms with van der Waals surface area (Å²) in [5, 5.41) is 10.8. The largest absolute Gasteiger partial charge is 0.361 e. The summed E-state index contributed by atoms with van der Waals surface area (Å²) < 4.78 is 4.98. The summed E-state index contributed by atoms with van der Waals surface area (Å²) in [5.41, 5.74) is 3.07. The van der Waals surface area contributed by atoms with E-state index in [0.717, 1.165) is 23.4 Å². The third-order valence-electron chi connectivity index (χ3n) is 4.59. The number of nitrogens with zero attached hydrogens (tertiary/aromatic N) is 4. The van der Waals surface area contributed by atoms with Crippen LogP contribution >= 0.6 is 0 Å². The Bertz CT molecular complexity index is 760. The summed E-state index contributed by atoms with van der Waals surface area (Å²) in [6.07, 6.45) is 1.09. The summed E-state index contributed by atoms with van der Waals surface area (Å²) in [7, 11) is 0. The van der Waals surface area contributed by atoms with Crippen molar-refractivity contribution < 1.29 is 14.1 Å². The van der Waals surface area contributed by atoms with Gasteiger partial charge in [-0.15, -0.1) is 0 Å². The molecule has 0 spiro atoms. The molecule has 2 aromatic rings. The maximum atomic E-state index is 12.6. The molecule has 25 heavy (non-hydrogen) atoms. The van der Waals surface area contributed by atoms with E-state index in [0.29, 0.717) is 44.1 Å². The van der Waals surface area contributed by atoms with E-state index in [-0.39, 0.29) is 11.8 Å². The molecule has 134 valence electrons. The van der Waals surface area contributed by atoms with Crippen molar-refractivity contribution in [2.45, 2.75) is 33.6 Å². The van der Waals surface area contributed by atoms with Gasteiger partial charge in [0.05, 0.1) is 12.1 Å². The second-order valence-electron chi connectivity index (χ2n) is 6.44. The number of H-pyrrole nitrogens is 1. The van der Waals surface area contributed by atoms with E-state index in [1.165, 1.54) is 0 Å². The molecule has 0 saturated carbocycles. The van der Waals surface area contributed by atoms with Crippen molar-refractivity contribution in [3.63, 3.8) is 0 Å². The number of nitrogens with one attached hydrogen (secondary N) is 1. The molecule has 8 nitrogen and oxygen atoms in total. The lowest BCUT2D eigenvalue weighted by Gasteiger charge is -2.21. The molecular weight excluding hydrogens is 322 g/mol. The van der Waals surface area contributed by atoms with Gasteiger partial charge in [0.1, 0.15) is 5.76 Å². The molecule has 1 aliphatic rings. The molecule has 0 atom stereocenters. The number of aromatic nitrogens is 3. The third kappa shape index (κ3) is 3.72. The van der Waals surface area contributed by atoms with Crippen LogP contribution in [0.5, 0.6) is 0 Å². The van der Waals surface area contributed by atoms with Crippen LogP contribution in [0.2, 0.25) is 0 Å². The lowest BCUT2D eigenvalue weighted by molar-refractivity contribution is -0.130. The summed E-state index contributed by atoms with van der Waals surface area (Å²) in [6.45, 7) is 7.86. The van der Waals surface area contributed by atoms with E-state index in [9.17, 15) is 9.59 Å². The van der Waals surface area contributed by atoms with Gasteiger partial charge in [0.25, 0.3) is 5.91 Å². The molecule has 0 aliphatic carbocycles. The number of hydrogen-bond donors (Lipinski definition) is 1. The fourth-order valence-electron chi connectivity index (χ4n) is 3.10. The molecule has 0 bridgehead atoms. The highest BCUT2D eigenvalue weighted by Gasteiger charge is 2.25. The molecular formula is C17H23N5O3. The van der Waals surface area contributed by atoms with E-state index in [2.05, 4.69) is 15.4 Å². The molecule has 1 fully saturated rings. The number of hydrogen-bond acceptors (Lipinski definition) is 5. The normalized spacial score (nSPS) is 15.3. The number of rotatable bonds is 3. The van der Waals surface area contributed by atoms with Crippen LogP contribution in [-0.2, 0) is 11.2 Å². The van der Waals surface area contributed by atoms with Crippen LogP contribution in [0.3, 0.4) is 0 Å². The molecule has 1 aliphatic heterocycles. The summed E-state index contributed by atoms with van der Waals surface area (Å²) >= 11 is 0. The van der Waals surface area contributed by atoms with Crippen LogP contribution in [0.1, 0.15) is 39.6 Å². The zero-order chi connectivity index (χ0) is 18.0. The Morgan fingerprint density at radius 1 is 1.16 bits per heavy atom. The predicted octanol–water partition coefficient (Wildman–Crippen LogP) is 1.24. The van der Waals surface area contributed by atoms with E-state index >= 15 is 0 Å². The van der Waals surface area contributed by atoms with Gasteiger partial charge in [-0.05, 0) is 27.2 Å². The predicted molar refractivity (Wildman–Crippen MR) is 90.1 cm³/mol. The van der Waals surface area contributed by atoms with Gasteiger partial charge in [0, 0.05) is 43.5 Å². The molecule has 2 amide bonds. The highest BCUT2D eigenvalue weighted by molar-refractivity contribution is 5.92. The molecule has 8 heteroatoms. The zero-order valence-electron chi connectivity index (χ0n) is 14.8. The minimum absolute atomic E-state index is 0.0687. The molecule has 3 heterocycles. The van der Waals surface area contributed by atoms with Gasteiger partial charge in [-0.2, -0.15) is 5.10 Å². The van der Waals surface area contributed by atoms with Gasteiger partial charge in [-0.25, -0.2) is 0 Å². The Morgan fingerprint density at radius 2 is 1.88 bits per heavy atom. The second kappa shape index (κ2) is 7.08. The number of aromatic amines is 1. The lowest BCUT2D eigenvalue weighted by Crippen LogP contribution is -2.38. The summed E-state index contributed by atoms with van der Waals surface area (Å²) in [4.78, 5) is 28.7. The van der Waals surface area contributed by atoms with Crippen molar-refractivity contribution in [2.75, 3.05) is 26.2 Å². The van der Waals surface area contributed by atoms with Crippen LogP contribution in [0.4, 0.5) is 0 Å². The second-order valence-corrected chi connectivity index (χ2v) is 6.44. The Hall–Kier alpha value is -2.64. The minimum Gasteiger partial charge on any atom is -0.361 e. The van der Waals surface area contributed by atoms with Gasteiger partial charge >= 0.3 is 0 Å². The average molecular weight is 345 g/mol. The van der Waals surface area contributed by atoms with Crippen molar-refractivity contribution >= 4 is 11.8 Å². The standard InChI is InChI=1S/C17H23N5O3/c1-11-9-15(20-25-11)17(24)22-6-4-5-21(7-8-22)16(23)10-14-12(2)18-19-13(14)3/h9H,4-8,10H2,1-3H3,(H,18,19). The van der Waals surface area contributed by atoms with Crippen LogP contribution in [-0.4, -0.2) is 63.1 Å². The topological polar surface area (TPSA) is 95.3 Å². The first-order chi connectivity index (χ1) is 12.0. The van der Waals surface area contributed by atoms with Gasteiger partial charge < -0.3 is 14.3 Å². The summed E-state index contributed by atoms with van der Waals surface area (Å²) in [6, 6.07) is 1.64. The quantitative estimate of drug-likeness (QED) is 0.903. The molecule has 3 rings (SSSR count). The number of carbonyl (C=O) groups excluding carboxylic acids is 2. The Kier molecular flexibility index (Phi) is 4.87. The average Bonchev–Trinajstić information content (AvgIpc) is 3.05. The van der Waals surface area contributed by atoms with Crippen molar-refractivity contribution in [1.29, 1.82) is 0 Å².